The van der Waals surface area contributed by atoms with Gasteiger partial charge in [-0.1, -0.05) is 15.9 Å². The van der Waals surface area contributed by atoms with Gasteiger partial charge in [-0.3, -0.25) is 4.79 Å². The molecule has 1 aromatic carbocycles. The fraction of sp³-hybridized carbons (Fsp3) is 0.300. The minimum Gasteiger partial charge on any atom is -0.468 e. The van der Waals surface area contributed by atoms with E-state index < -0.39 is 22.0 Å². The van der Waals surface area contributed by atoms with Gasteiger partial charge < -0.3 is 4.74 Å². The van der Waals surface area contributed by atoms with Crippen LogP contribution >= 0.6 is 31.9 Å². The Labute approximate surface area is 122 Å². The second kappa shape index (κ2) is 6.14. The molecule has 0 aliphatic heterocycles. The average molecular weight is 401 g/mol. The van der Waals surface area contributed by atoms with Crippen LogP contribution in [0.3, 0.4) is 0 Å². The smallest absolute Gasteiger partial charge is 0.323 e. The van der Waals surface area contributed by atoms with Crippen molar-refractivity contribution in [2.45, 2.75) is 17.9 Å². The van der Waals surface area contributed by atoms with Crippen LogP contribution in [0.2, 0.25) is 0 Å². The topological polar surface area (TPSA) is 72.5 Å². The van der Waals surface area contributed by atoms with Crippen molar-refractivity contribution in [3.63, 3.8) is 0 Å². The number of halogens is 2. The molecular weight excluding hydrogens is 390 g/mol. The lowest BCUT2D eigenvalue weighted by atomic mass is 10.4. The first kappa shape index (κ1) is 15.6. The molecule has 0 spiro atoms. The minimum atomic E-state index is -3.78. The summed E-state index contributed by atoms with van der Waals surface area (Å²) in [4.78, 5) is 11.2. The summed E-state index contributed by atoms with van der Waals surface area (Å²) in [5.74, 6) is -0.646. The molecule has 0 aliphatic rings. The molecule has 1 unspecified atom stereocenters. The van der Waals surface area contributed by atoms with Gasteiger partial charge in [-0.15, -0.1) is 0 Å². The van der Waals surface area contributed by atoms with E-state index in [0.29, 0.717) is 4.47 Å². The van der Waals surface area contributed by atoms with E-state index in [1.165, 1.54) is 20.1 Å². The third-order valence-electron chi connectivity index (χ3n) is 2.07. The van der Waals surface area contributed by atoms with Crippen LogP contribution in [0.25, 0.3) is 0 Å². The molecule has 8 heteroatoms. The maximum absolute atomic E-state index is 12.0. The first-order chi connectivity index (χ1) is 8.27. The Balaban J connectivity index is 3.04. The second-order valence-electron chi connectivity index (χ2n) is 3.44. The highest BCUT2D eigenvalue weighted by Crippen LogP contribution is 2.25. The maximum Gasteiger partial charge on any atom is 0.323 e. The van der Waals surface area contributed by atoms with E-state index in [4.69, 9.17) is 0 Å². The molecule has 0 heterocycles. The number of hydrogen-bond acceptors (Lipinski definition) is 4. The quantitative estimate of drug-likeness (QED) is 0.785. The molecule has 5 nitrogen and oxygen atoms in total. The fourth-order valence-electron chi connectivity index (χ4n) is 1.21. The van der Waals surface area contributed by atoms with Crippen LogP contribution in [0.1, 0.15) is 6.92 Å². The van der Waals surface area contributed by atoms with Gasteiger partial charge in [0.25, 0.3) is 0 Å². The molecular formula is C10H11Br2NO4S. The zero-order valence-electron chi connectivity index (χ0n) is 9.61. The first-order valence-corrected chi connectivity index (χ1v) is 7.90. The van der Waals surface area contributed by atoms with E-state index in [9.17, 15) is 13.2 Å². The average Bonchev–Trinajstić information content (AvgIpc) is 2.26. The van der Waals surface area contributed by atoms with Crippen LogP contribution in [-0.2, 0) is 19.6 Å². The van der Waals surface area contributed by atoms with Crippen molar-refractivity contribution >= 4 is 47.9 Å². The van der Waals surface area contributed by atoms with E-state index in [1.54, 1.807) is 12.1 Å². The second-order valence-corrected chi connectivity index (χ2v) is 6.89. The molecule has 0 fully saturated rings. The van der Waals surface area contributed by atoms with Gasteiger partial charge in [0, 0.05) is 8.95 Å². The number of rotatable bonds is 4. The maximum atomic E-state index is 12.0. The number of methoxy groups -OCH3 is 1. The van der Waals surface area contributed by atoms with E-state index in [1.807, 2.05) is 0 Å². The molecule has 0 aliphatic carbocycles. The van der Waals surface area contributed by atoms with Gasteiger partial charge in [0.2, 0.25) is 10.0 Å². The number of esters is 1. The standard InChI is InChI=1S/C10H11Br2NO4S/c1-6(10(14)17-2)13-18(15,16)9-4-3-7(11)5-8(9)12/h3-6,13H,1-2H3. The highest BCUT2D eigenvalue weighted by molar-refractivity contribution is 9.11. The van der Waals surface area contributed by atoms with E-state index in [-0.39, 0.29) is 4.90 Å². The molecule has 0 saturated carbocycles. The summed E-state index contributed by atoms with van der Waals surface area (Å²) in [5, 5.41) is 0. The zero-order valence-corrected chi connectivity index (χ0v) is 13.6. The van der Waals surface area contributed by atoms with E-state index in [0.717, 1.165) is 4.47 Å². The van der Waals surface area contributed by atoms with Crippen LogP contribution < -0.4 is 4.72 Å². The van der Waals surface area contributed by atoms with Gasteiger partial charge in [-0.05, 0) is 41.1 Å². The van der Waals surface area contributed by atoms with Gasteiger partial charge in [0.15, 0.2) is 0 Å². The summed E-state index contributed by atoms with van der Waals surface area (Å²) in [7, 11) is -2.58. The van der Waals surface area contributed by atoms with E-state index in [2.05, 4.69) is 41.3 Å². The van der Waals surface area contributed by atoms with Gasteiger partial charge in [0.05, 0.1) is 12.0 Å². The third-order valence-corrected chi connectivity index (χ3v) is 5.08. The third kappa shape index (κ3) is 3.78. The molecule has 1 atom stereocenters. The van der Waals surface area contributed by atoms with Crippen molar-refractivity contribution in [3.8, 4) is 0 Å². The first-order valence-electron chi connectivity index (χ1n) is 4.83. The molecule has 1 rings (SSSR count). The number of carbonyl (C=O) groups is 1. The van der Waals surface area contributed by atoms with Crippen molar-refractivity contribution in [3.05, 3.63) is 27.1 Å². The number of nitrogens with one attached hydrogen (secondary N) is 1. The predicted molar refractivity (Wildman–Crippen MR) is 73.6 cm³/mol. The number of sulfonamides is 1. The molecule has 0 aromatic heterocycles. The Morgan fingerprint density at radius 2 is 2.00 bits per heavy atom. The van der Waals surface area contributed by atoms with Crippen molar-refractivity contribution in [2.24, 2.45) is 0 Å². The number of benzene rings is 1. The van der Waals surface area contributed by atoms with Crippen LogP contribution in [0.4, 0.5) is 0 Å². The highest BCUT2D eigenvalue weighted by Gasteiger charge is 2.24. The minimum absolute atomic E-state index is 0.0569. The van der Waals surface area contributed by atoms with Crippen molar-refractivity contribution < 1.29 is 17.9 Å². The van der Waals surface area contributed by atoms with Gasteiger partial charge in [0.1, 0.15) is 6.04 Å². The molecule has 1 N–H and O–H groups in total. The lowest BCUT2D eigenvalue weighted by Crippen LogP contribution is -2.39. The fourth-order valence-corrected chi connectivity index (χ4v) is 4.15. The molecule has 18 heavy (non-hydrogen) atoms. The van der Waals surface area contributed by atoms with Gasteiger partial charge >= 0.3 is 5.97 Å². The highest BCUT2D eigenvalue weighted by atomic mass is 79.9. The lowest BCUT2D eigenvalue weighted by Gasteiger charge is -2.13. The summed E-state index contributed by atoms with van der Waals surface area (Å²) in [6.45, 7) is 1.41. The number of ether oxygens (including phenoxy) is 1. The summed E-state index contributed by atoms with van der Waals surface area (Å²) in [5.41, 5.74) is 0. The normalized spacial score (nSPS) is 13.1. The number of carbonyl (C=O) groups excluding carboxylic acids is 1. The summed E-state index contributed by atoms with van der Waals surface area (Å²) in [6, 6.07) is 3.69. The monoisotopic (exact) mass is 399 g/mol. The predicted octanol–water partition coefficient (Wildman–Crippen LogP) is 2.05. The summed E-state index contributed by atoms with van der Waals surface area (Å²) >= 11 is 6.39. The van der Waals surface area contributed by atoms with Crippen LogP contribution in [0.5, 0.6) is 0 Å². The molecule has 0 saturated heterocycles. The molecule has 1 aromatic rings. The van der Waals surface area contributed by atoms with Crippen molar-refractivity contribution in [2.75, 3.05) is 7.11 Å². The van der Waals surface area contributed by atoms with Crippen molar-refractivity contribution in [1.29, 1.82) is 0 Å². The van der Waals surface area contributed by atoms with Gasteiger partial charge in [-0.25, -0.2) is 8.42 Å². The Hall–Kier alpha value is -0.440. The molecule has 0 bridgehead atoms. The Bertz CT molecular complexity index is 559. The lowest BCUT2D eigenvalue weighted by molar-refractivity contribution is -0.142. The Morgan fingerprint density at radius 3 is 2.50 bits per heavy atom. The van der Waals surface area contributed by atoms with Crippen LogP contribution in [-0.4, -0.2) is 27.5 Å². The Morgan fingerprint density at radius 1 is 1.39 bits per heavy atom. The number of hydrogen-bond donors (Lipinski definition) is 1. The van der Waals surface area contributed by atoms with Crippen LogP contribution in [0.15, 0.2) is 32.0 Å². The molecule has 0 radical (unpaired) electrons. The Kier molecular flexibility index (Phi) is 5.32. The largest absolute Gasteiger partial charge is 0.468 e. The SMILES string of the molecule is COC(=O)C(C)NS(=O)(=O)c1ccc(Br)cc1Br. The van der Waals surface area contributed by atoms with Gasteiger partial charge in [-0.2, -0.15) is 4.72 Å². The van der Waals surface area contributed by atoms with Crippen molar-refractivity contribution in [1.82, 2.24) is 4.72 Å². The summed E-state index contributed by atoms with van der Waals surface area (Å²) < 4.78 is 31.9. The van der Waals surface area contributed by atoms with Crippen LogP contribution in [0, 0.1) is 0 Å². The summed E-state index contributed by atoms with van der Waals surface area (Å²) in [6.07, 6.45) is 0. The van der Waals surface area contributed by atoms with E-state index >= 15 is 0 Å². The molecule has 100 valence electrons. The zero-order chi connectivity index (χ0) is 13.9. The molecule has 0 amide bonds.